The number of ether oxygens (including phenoxy) is 4. The van der Waals surface area contributed by atoms with Crippen LogP contribution in [0, 0.1) is 0 Å². The number of rotatable bonds is 14. The van der Waals surface area contributed by atoms with Crippen molar-refractivity contribution in [3.63, 3.8) is 0 Å². The summed E-state index contributed by atoms with van der Waals surface area (Å²) in [5.74, 6) is 0. The molecule has 0 saturated carbocycles. The minimum atomic E-state index is -0.329. The maximum absolute atomic E-state index is 6.73. The van der Waals surface area contributed by atoms with E-state index in [0.717, 1.165) is 34.4 Å². The molecule has 1 aliphatic heterocycles. The predicted molar refractivity (Wildman–Crippen MR) is 161 cm³/mol. The highest BCUT2D eigenvalue weighted by atomic mass is 16.6. The molecule has 5 nitrogen and oxygen atoms in total. The highest BCUT2D eigenvalue weighted by Gasteiger charge is 2.48. The molecule has 1 aliphatic rings. The van der Waals surface area contributed by atoms with Crippen molar-refractivity contribution < 1.29 is 23.9 Å². The molecule has 41 heavy (non-hydrogen) atoms. The van der Waals surface area contributed by atoms with E-state index in [1.54, 1.807) is 0 Å². The zero-order valence-electron chi connectivity index (χ0n) is 23.7. The number of hydrogen-bond donors (Lipinski definition) is 1. The summed E-state index contributed by atoms with van der Waals surface area (Å²) in [5, 5.41) is 0. The molecule has 4 aromatic rings. The Morgan fingerprint density at radius 3 is 1.39 bits per heavy atom. The first-order chi connectivity index (χ1) is 20.3. The van der Waals surface area contributed by atoms with Crippen LogP contribution in [0.4, 0.5) is 0 Å². The van der Waals surface area contributed by atoms with Gasteiger partial charge in [0.25, 0.3) is 0 Å². The highest BCUT2D eigenvalue weighted by Crippen LogP contribution is 2.23. The van der Waals surface area contributed by atoms with Crippen molar-refractivity contribution in [3.05, 3.63) is 144 Å². The normalized spacial score (nSPS) is 20.5. The van der Waals surface area contributed by atoms with Crippen LogP contribution in [0.1, 0.15) is 35.6 Å². The quantitative estimate of drug-likeness (QED) is 0.232. The van der Waals surface area contributed by atoms with Gasteiger partial charge < -0.3 is 18.9 Å². The smallest absolute Gasteiger partial charge is 0.202 e. The molecule has 1 heterocycles. The minimum absolute atomic E-state index is 0.102. The largest absolute Gasteiger partial charge is 0.370 e. The van der Waals surface area contributed by atoms with E-state index in [1.165, 1.54) is 0 Å². The molecule has 212 valence electrons. The molecule has 0 bridgehead atoms. The summed E-state index contributed by atoms with van der Waals surface area (Å²) >= 11 is 0. The molecule has 0 amide bonds. The van der Waals surface area contributed by atoms with Gasteiger partial charge in [-0.2, -0.15) is 0 Å². The van der Waals surface area contributed by atoms with Gasteiger partial charge >= 0.3 is 0 Å². The van der Waals surface area contributed by atoms with Crippen molar-refractivity contribution in [2.75, 3.05) is 6.61 Å². The summed E-state index contributed by atoms with van der Waals surface area (Å²) < 4.78 is 26.3. The van der Waals surface area contributed by atoms with E-state index < -0.39 is 0 Å². The molecule has 0 aromatic heterocycles. The average Bonchev–Trinajstić information content (AvgIpc) is 3.04. The van der Waals surface area contributed by atoms with Crippen molar-refractivity contribution in [1.82, 2.24) is 0 Å². The van der Waals surface area contributed by atoms with E-state index in [2.05, 4.69) is 60.4 Å². The first-order valence-electron chi connectivity index (χ1n) is 14.5. The van der Waals surface area contributed by atoms with E-state index in [1.807, 2.05) is 72.8 Å². The summed E-state index contributed by atoms with van der Waals surface area (Å²) in [7, 11) is 0. The van der Waals surface area contributed by atoms with Crippen LogP contribution in [0.25, 0.3) is 0 Å². The summed E-state index contributed by atoms with van der Waals surface area (Å²) in [6.45, 7) is 4.60. The maximum Gasteiger partial charge on any atom is 0.202 e. The van der Waals surface area contributed by atoms with E-state index >= 15 is 0 Å². The Hall–Kier alpha value is -3.61. The molecule has 5 heteroatoms. The van der Waals surface area contributed by atoms with Crippen molar-refractivity contribution in [2.45, 2.75) is 64.1 Å². The lowest BCUT2D eigenvalue weighted by Crippen LogP contribution is -2.91. The Morgan fingerprint density at radius 2 is 0.927 bits per heavy atom. The van der Waals surface area contributed by atoms with Crippen LogP contribution in [0.5, 0.6) is 0 Å². The predicted octanol–water partition coefficient (Wildman–Crippen LogP) is 5.27. The molecule has 0 saturated heterocycles. The zero-order chi connectivity index (χ0) is 28.1. The summed E-state index contributed by atoms with van der Waals surface area (Å²) in [6, 6.07) is 41.0. The second-order valence-electron chi connectivity index (χ2n) is 10.4. The molecule has 0 fully saturated rings. The zero-order valence-corrected chi connectivity index (χ0v) is 23.7. The third-order valence-electron chi connectivity index (χ3n) is 7.37. The van der Waals surface area contributed by atoms with Crippen LogP contribution in [0.15, 0.2) is 121 Å². The Bertz CT molecular complexity index is 1320. The first kappa shape index (κ1) is 28.9. The monoisotopic (exact) mass is 550 g/mol. The molecular weight excluding hydrogens is 510 g/mol. The summed E-state index contributed by atoms with van der Waals surface area (Å²) in [4.78, 5) is 3.75. The maximum atomic E-state index is 6.73. The average molecular weight is 551 g/mol. The van der Waals surface area contributed by atoms with Crippen LogP contribution < -0.4 is 4.99 Å². The van der Waals surface area contributed by atoms with E-state index in [9.17, 15) is 0 Å². The van der Waals surface area contributed by atoms with Gasteiger partial charge in [0.2, 0.25) is 6.04 Å². The number of hydrogen-bond acceptors (Lipinski definition) is 4. The van der Waals surface area contributed by atoms with Crippen molar-refractivity contribution in [2.24, 2.45) is 0 Å². The molecule has 3 unspecified atom stereocenters. The SMILES string of the molecule is CCC1=[NH+]C(COCc2ccccc2)[C@@H](OCc2ccccc2)C(OCc2ccccc2)C1OCc1ccccc1. The first-order valence-corrected chi connectivity index (χ1v) is 14.5. The van der Waals surface area contributed by atoms with Gasteiger partial charge in [0, 0.05) is 6.42 Å². The number of nitrogens with one attached hydrogen (secondary N) is 1. The molecule has 0 spiro atoms. The number of benzene rings is 4. The third kappa shape index (κ3) is 8.44. The van der Waals surface area contributed by atoms with Crippen LogP contribution in [-0.2, 0) is 45.4 Å². The topological polar surface area (TPSA) is 50.9 Å². The molecule has 0 aliphatic carbocycles. The van der Waals surface area contributed by atoms with E-state index in [4.69, 9.17) is 18.9 Å². The standard InChI is InChI=1S/C36H39NO4/c1-2-32-34(39-24-29-17-9-4-10-18-29)36(41-26-31-21-13-6-14-22-31)35(40-25-30-19-11-5-12-20-30)33(37-32)27-38-23-28-15-7-3-8-16-28/h3-22,33-36H,2,23-27H2,1H3/p+1/t33?,34?,35-,36?/m1/s1. The van der Waals surface area contributed by atoms with Crippen LogP contribution in [0.3, 0.4) is 0 Å². The van der Waals surface area contributed by atoms with Crippen molar-refractivity contribution in [1.29, 1.82) is 0 Å². The Morgan fingerprint density at radius 1 is 0.512 bits per heavy atom. The highest BCUT2D eigenvalue weighted by molar-refractivity contribution is 5.84. The van der Waals surface area contributed by atoms with Gasteiger partial charge in [-0.1, -0.05) is 128 Å². The molecule has 0 radical (unpaired) electrons. The van der Waals surface area contributed by atoms with Gasteiger partial charge in [-0.25, -0.2) is 4.99 Å². The summed E-state index contributed by atoms with van der Waals surface area (Å²) in [6.07, 6.45) is -0.101. The van der Waals surface area contributed by atoms with Gasteiger partial charge in [0.15, 0.2) is 17.9 Å². The molecular formula is C36H40NO4+. The molecule has 4 aromatic carbocycles. The second-order valence-corrected chi connectivity index (χ2v) is 10.4. The van der Waals surface area contributed by atoms with Gasteiger partial charge in [-0.3, -0.25) is 0 Å². The Kier molecular flexibility index (Phi) is 10.9. The Balaban J connectivity index is 1.41. The van der Waals surface area contributed by atoms with Gasteiger partial charge in [0.05, 0.1) is 26.4 Å². The minimum Gasteiger partial charge on any atom is -0.370 e. The fourth-order valence-corrected chi connectivity index (χ4v) is 5.20. The lowest BCUT2D eigenvalue weighted by atomic mass is 9.92. The lowest BCUT2D eigenvalue weighted by Gasteiger charge is -2.37. The fraction of sp³-hybridized carbons (Fsp3) is 0.306. The van der Waals surface area contributed by atoms with E-state index in [0.29, 0.717) is 33.0 Å². The summed E-state index contributed by atoms with van der Waals surface area (Å²) in [5.41, 5.74) is 5.60. The van der Waals surface area contributed by atoms with Crippen LogP contribution in [-0.4, -0.2) is 36.7 Å². The molecule has 4 atom stereocenters. The van der Waals surface area contributed by atoms with Gasteiger partial charge in [0.1, 0.15) is 12.7 Å². The molecule has 5 rings (SSSR count). The third-order valence-corrected chi connectivity index (χ3v) is 7.37. The van der Waals surface area contributed by atoms with Crippen LogP contribution in [0.2, 0.25) is 0 Å². The van der Waals surface area contributed by atoms with Crippen LogP contribution >= 0.6 is 0 Å². The van der Waals surface area contributed by atoms with E-state index in [-0.39, 0.29) is 24.4 Å². The molecule has 1 N–H and O–H groups in total. The van der Waals surface area contributed by atoms with Gasteiger partial charge in [-0.15, -0.1) is 0 Å². The lowest BCUT2D eigenvalue weighted by molar-refractivity contribution is -0.541. The van der Waals surface area contributed by atoms with Gasteiger partial charge in [-0.05, 0) is 22.3 Å². The fourth-order valence-electron chi connectivity index (χ4n) is 5.20. The Labute approximate surface area is 243 Å². The van der Waals surface area contributed by atoms with Crippen molar-refractivity contribution in [3.8, 4) is 0 Å². The van der Waals surface area contributed by atoms with Crippen molar-refractivity contribution >= 4 is 5.71 Å². The second kappa shape index (κ2) is 15.4.